The van der Waals surface area contributed by atoms with Gasteiger partial charge in [0.05, 0.1) is 0 Å². The monoisotopic (exact) mass is 414 g/mol. The molecule has 0 aliphatic heterocycles. The fourth-order valence-electron chi connectivity index (χ4n) is 2.23. The van der Waals surface area contributed by atoms with Crippen molar-refractivity contribution in [2.45, 2.75) is 32.9 Å². The second-order valence-electron chi connectivity index (χ2n) is 6.53. The first kappa shape index (κ1) is 22.7. The highest BCUT2D eigenvalue weighted by Gasteiger charge is 2.12. The van der Waals surface area contributed by atoms with Crippen molar-refractivity contribution in [3.63, 3.8) is 0 Å². The van der Waals surface area contributed by atoms with Gasteiger partial charge in [-0.05, 0) is 43.2 Å². The van der Waals surface area contributed by atoms with Gasteiger partial charge in [-0.3, -0.25) is 10.1 Å². The molecule has 2 aromatic carbocycles. The van der Waals surface area contributed by atoms with Crippen molar-refractivity contribution in [3.05, 3.63) is 60.2 Å². The molecule has 8 nitrogen and oxygen atoms in total. The molecule has 30 heavy (non-hydrogen) atoms. The molecule has 0 heterocycles. The maximum absolute atomic E-state index is 11.7. The quantitative estimate of drug-likeness (QED) is 0.580. The van der Waals surface area contributed by atoms with Crippen LogP contribution in [-0.2, 0) is 20.9 Å². The topological polar surface area (TPSA) is 103 Å². The lowest BCUT2D eigenvalue weighted by Crippen LogP contribution is -2.44. The average molecular weight is 414 g/mol. The number of imide groups is 1. The average Bonchev–Trinajstić information content (AvgIpc) is 2.76. The summed E-state index contributed by atoms with van der Waals surface area (Å²) in [6, 6.07) is 15.9. The van der Waals surface area contributed by atoms with Crippen LogP contribution in [0.5, 0.6) is 11.5 Å². The molecule has 0 bridgehead atoms. The number of urea groups is 1. The van der Waals surface area contributed by atoms with Gasteiger partial charge in [-0.25, -0.2) is 9.59 Å². The predicted molar refractivity (Wildman–Crippen MR) is 110 cm³/mol. The van der Waals surface area contributed by atoms with Gasteiger partial charge in [0, 0.05) is 6.04 Å². The highest BCUT2D eigenvalue weighted by Crippen LogP contribution is 2.18. The Morgan fingerprint density at radius 2 is 1.53 bits per heavy atom. The number of amides is 3. The molecule has 2 N–H and O–H groups in total. The van der Waals surface area contributed by atoms with E-state index in [2.05, 4.69) is 10.6 Å². The van der Waals surface area contributed by atoms with Gasteiger partial charge in [-0.15, -0.1) is 0 Å². The van der Waals surface area contributed by atoms with Crippen molar-refractivity contribution in [2.75, 3.05) is 13.2 Å². The largest absolute Gasteiger partial charge is 0.489 e. The summed E-state index contributed by atoms with van der Waals surface area (Å²) in [5.41, 5.74) is 1.06. The fraction of sp³-hybridized carbons (Fsp3) is 0.318. The van der Waals surface area contributed by atoms with Gasteiger partial charge in [0.1, 0.15) is 18.1 Å². The van der Waals surface area contributed by atoms with Crippen LogP contribution >= 0.6 is 0 Å². The lowest BCUT2D eigenvalue weighted by atomic mass is 10.2. The number of ether oxygens (including phenoxy) is 3. The third kappa shape index (κ3) is 8.64. The molecule has 0 saturated heterocycles. The van der Waals surface area contributed by atoms with E-state index in [0.29, 0.717) is 18.1 Å². The third-order valence-corrected chi connectivity index (χ3v) is 4.04. The fourth-order valence-corrected chi connectivity index (χ4v) is 2.23. The summed E-state index contributed by atoms with van der Waals surface area (Å²) in [6.45, 7) is 3.23. The molecule has 1 atom stereocenters. The molecule has 8 heteroatoms. The van der Waals surface area contributed by atoms with E-state index in [1.807, 2.05) is 44.2 Å². The van der Waals surface area contributed by atoms with E-state index < -0.39 is 24.5 Å². The molecular formula is C22H26N2O6. The first-order valence-corrected chi connectivity index (χ1v) is 9.61. The van der Waals surface area contributed by atoms with Crippen LogP contribution in [0.25, 0.3) is 0 Å². The normalized spacial score (nSPS) is 11.1. The van der Waals surface area contributed by atoms with Crippen LogP contribution in [0.3, 0.4) is 0 Å². The number of benzene rings is 2. The number of hydrogen-bond donors (Lipinski definition) is 2. The minimum atomic E-state index is -0.725. The standard InChI is InChI=1S/C22H26N2O6/c1-3-16(2)23-22(27)24-20(25)14-30-21(26)15-29-19-11-9-18(10-12-19)28-13-17-7-5-4-6-8-17/h4-12,16H,3,13-15H2,1-2H3,(H2,23,24,25,27)/t16-/m0/s1. The molecule has 160 valence electrons. The Hall–Kier alpha value is -3.55. The second kappa shape index (κ2) is 12.1. The molecule has 0 aliphatic carbocycles. The first-order chi connectivity index (χ1) is 14.5. The van der Waals surface area contributed by atoms with E-state index >= 15 is 0 Å². The third-order valence-electron chi connectivity index (χ3n) is 4.04. The van der Waals surface area contributed by atoms with E-state index in [4.69, 9.17) is 14.2 Å². The Kier molecular flexibility index (Phi) is 9.18. The molecule has 0 aliphatic rings. The number of nitrogens with one attached hydrogen (secondary N) is 2. The van der Waals surface area contributed by atoms with Crippen LogP contribution in [-0.4, -0.2) is 37.2 Å². The van der Waals surface area contributed by atoms with E-state index in [-0.39, 0.29) is 12.6 Å². The number of esters is 1. The Labute approximate surface area is 175 Å². The van der Waals surface area contributed by atoms with Crippen molar-refractivity contribution in [2.24, 2.45) is 0 Å². The zero-order chi connectivity index (χ0) is 21.8. The molecule has 2 rings (SSSR count). The van der Waals surface area contributed by atoms with Gasteiger partial charge in [-0.1, -0.05) is 37.3 Å². The SMILES string of the molecule is CC[C@H](C)NC(=O)NC(=O)COC(=O)COc1ccc(OCc2ccccc2)cc1. The maximum atomic E-state index is 11.7. The van der Waals surface area contributed by atoms with Gasteiger partial charge < -0.3 is 19.5 Å². The van der Waals surface area contributed by atoms with Gasteiger partial charge in [0.15, 0.2) is 13.2 Å². The summed E-state index contributed by atoms with van der Waals surface area (Å²) < 4.78 is 15.8. The lowest BCUT2D eigenvalue weighted by molar-refractivity contribution is -0.150. The zero-order valence-electron chi connectivity index (χ0n) is 17.1. The van der Waals surface area contributed by atoms with Crippen LogP contribution in [0, 0.1) is 0 Å². The van der Waals surface area contributed by atoms with E-state index in [9.17, 15) is 14.4 Å². The van der Waals surface area contributed by atoms with Crippen LogP contribution in [0.4, 0.5) is 4.79 Å². The summed E-state index contributed by atoms with van der Waals surface area (Å²) in [7, 11) is 0. The van der Waals surface area contributed by atoms with Crippen molar-refractivity contribution in [3.8, 4) is 11.5 Å². The van der Waals surface area contributed by atoms with Gasteiger partial charge >= 0.3 is 12.0 Å². The van der Waals surface area contributed by atoms with Crippen molar-refractivity contribution in [1.82, 2.24) is 10.6 Å². The van der Waals surface area contributed by atoms with Crippen LogP contribution in [0.2, 0.25) is 0 Å². The van der Waals surface area contributed by atoms with E-state index in [1.54, 1.807) is 24.3 Å². The Balaban J connectivity index is 1.65. The van der Waals surface area contributed by atoms with Gasteiger partial charge in [0.25, 0.3) is 5.91 Å². The smallest absolute Gasteiger partial charge is 0.344 e. The predicted octanol–water partition coefficient (Wildman–Crippen LogP) is 2.81. The summed E-state index contributed by atoms with van der Waals surface area (Å²) >= 11 is 0. The van der Waals surface area contributed by atoms with Crippen molar-refractivity contribution >= 4 is 17.9 Å². The number of carbonyl (C=O) groups excluding carboxylic acids is 3. The molecule has 0 aromatic heterocycles. The summed E-state index contributed by atoms with van der Waals surface area (Å²) in [5.74, 6) is -0.321. The molecular weight excluding hydrogens is 388 g/mol. The van der Waals surface area contributed by atoms with Crippen LogP contribution in [0.1, 0.15) is 25.8 Å². The number of hydrogen-bond acceptors (Lipinski definition) is 6. The van der Waals surface area contributed by atoms with Crippen molar-refractivity contribution < 1.29 is 28.6 Å². The zero-order valence-corrected chi connectivity index (χ0v) is 17.1. The molecule has 0 spiro atoms. The lowest BCUT2D eigenvalue weighted by Gasteiger charge is -2.12. The summed E-state index contributed by atoms with van der Waals surface area (Å²) in [4.78, 5) is 34.8. The second-order valence-corrected chi connectivity index (χ2v) is 6.53. The van der Waals surface area contributed by atoms with Crippen LogP contribution < -0.4 is 20.1 Å². The minimum absolute atomic E-state index is 0.0659. The highest BCUT2D eigenvalue weighted by molar-refractivity contribution is 5.95. The van der Waals surface area contributed by atoms with Crippen LogP contribution in [0.15, 0.2) is 54.6 Å². The highest BCUT2D eigenvalue weighted by atomic mass is 16.6. The van der Waals surface area contributed by atoms with Crippen molar-refractivity contribution in [1.29, 1.82) is 0 Å². The molecule has 0 radical (unpaired) electrons. The summed E-state index contributed by atoms with van der Waals surface area (Å²) in [6.07, 6.45) is 0.730. The molecule has 0 saturated carbocycles. The Bertz CT molecular complexity index is 823. The first-order valence-electron chi connectivity index (χ1n) is 9.61. The van der Waals surface area contributed by atoms with Gasteiger partial charge in [0.2, 0.25) is 0 Å². The minimum Gasteiger partial charge on any atom is -0.489 e. The van der Waals surface area contributed by atoms with E-state index in [0.717, 1.165) is 12.0 Å². The molecule has 0 unspecified atom stereocenters. The molecule has 0 fully saturated rings. The van der Waals surface area contributed by atoms with E-state index in [1.165, 1.54) is 0 Å². The summed E-state index contributed by atoms with van der Waals surface area (Å²) in [5, 5.41) is 4.65. The Morgan fingerprint density at radius 1 is 0.900 bits per heavy atom. The molecule has 2 aromatic rings. The Morgan fingerprint density at radius 3 is 2.17 bits per heavy atom. The van der Waals surface area contributed by atoms with Gasteiger partial charge in [-0.2, -0.15) is 0 Å². The number of rotatable bonds is 10. The molecule has 3 amide bonds. The number of carbonyl (C=O) groups is 3. The maximum Gasteiger partial charge on any atom is 0.344 e.